The molecule has 1 aliphatic rings. The fourth-order valence-electron chi connectivity index (χ4n) is 3.34. The van der Waals surface area contributed by atoms with Gasteiger partial charge in [-0.3, -0.25) is 4.79 Å². The van der Waals surface area contributed by atoms with Crippen molar-refractivity contribution in [2.45, 2.75) is 30.2 Å². The van der Waals surface area contributed by atoms with E-state index >= 15 is 0 Å². The first-order valence-corrected chi connectivity index (χ1v) is 11.8. The number of carbonyl (C=O) groups excluding carboxylic acids is 1. The SMILES string of the molecule is CN(C)[C@H](CNC(=O)c1ccc(S(=O)(=O)N2CCCCC2)cc1)c1cccs1. The quantitative estimate of drug-likeness (QED) is 0.746. The van der Waals surface area contributed by atoms with Crippen molar-refractivity contribution in [2.75, 3.05) is 33.7 Å². The molecule has 1 aliphatic heterocycles. The van der Waals surface area contributed by atoms with Crippen LogP contribution in [0.2, 0.25) is 0 Å². The van der Waals surface area contributed by atoms with Gasteiger partial charge in [-0.05, 0) is 62.6 Å². The molecule has 1 amide bonds. The third-order valence-corrected chi connectivity index (χ3v) is 7.91. The molecule has 28 heavy (non-hydrogen) atoms. The number of benzene rings is 1. The maximum absolute atomic E-state index is 12.7. The molecule has 1 aromatic heterocycles. The molecule has 1 aromatic carbocycles. The van der Waals surface area contributed by atoms with E-state index in [1.54, 1.807) is 23.5 Å². The summed E-state index contributed by atoms with van der Waals surface area (Å²) in [5.74, 6) is -0.203. The Labute approximate surface area is 171 Å². The van der Waals surface area contributed by atoms with E-state index in [0.29, 0.717) is 25.2 Å². The van der Waals surface area contributed by atoms with E-state index in [4.69, 9.17) is 0 Å². The van der Waals surface area contributed by atoms with Gasteiger partial charge in [-0.1, -0.05) is 12.5 Å². The lowest BCUT2D eigenvalue weighted by molar-refractivity contribution is 0.0942. The van der Waals surface area contributed by atoms with Crippen molar-refractivity contribution in [3.05, 3.63) is 52.2 Å². The van der Waals surface area contributed by atoms with Gasteiger partial charge in [-0.2, -0.15) is 4.31 Å². The average molecular weight is 422 g/mol. The van der Waals surface area contributed by atoms with E-state index in [2.05, 4.69) is 16.3 Å². The minimum atomic E-state index is -3.47. The minimum absolute atomic E-state index is 0.0997. The second-order valence-electron chi connectivity index (χ2n) is 7.19. The van der Waals surface area contributed by atoms with Gasteiger partial charge in [0.25, 0.3) is 5.91 Å². The predicted molar refractivity (Wildman–Crippen MR) is 112 cm³/mol. The van der Waals surface area contributed by atoms with Crippen molar-refractivity contribution < 1.29 is 13.2 Å². The molecule has 2 heterocycles. The summed E-state index contributed by atoms with van der Waals surface area (Å²) >= 11 is 1.66. The fraction of sp³-hybridized carbons (Fsp3) is 0.450. The third-order valence-electron chi connectivity index (χ3n) is 5.02. The molecule has 152 valence electrons. The number of amides is 1. The Morgan fingerprint density at radius 2 is 1.82 bits per heavy atom. The summed E-state index contributed by atoms with van der Waals surface area (Å²) in [5.41, 5.74) is 0.460. The van der Waals surface area contributed by atoms with Crippen molar-refractivity contribution in [3.8, 4) is 0 Å². The van der Waals surface area contributed by atoms with Gasteiger partial charge in [0.1, 0.15) is 0 Å². The zero-order chi connectivity index (χ0) is 20.1. The zero-order valence-electron chi connectivity index (χ0n) is 16.3. The van der Waals surface area contributed by atoms with Crippen molar-refractivity contribution in [1.29, 1.82) is 0 Å². The number of nitrogens with zero attached hydrogens (tertiary/aromatic N) is 2. The number of hydrogen-bond acceptors (Lipinski definition) is 5. The smallest absolute Gasteiger partial charge is 0.251 e. The van der Waals surface area contributed by atoms with Crippen LogP contribution in [0.3, 0.4) is 0 Å². The number of carbonyl (C=O) groups is 1. The van der Waals surface area contributed by atoms with Crippen LogP contribution in [0.25, 0.3) is 0 Å². The molecule has 0 aliphatic carbocycles. The first-order chi connectivity index (χ1) is 13.4. The summed E-state index contributed by atoms with van der Waals surface area (Å²) in [4.78, 5) is 16.0. The fourth-order valence-corrected chi connectivity index (χ4v) is 5.78. The molecular weight excluding hydrogens is 394 g/mol. The Hall–Kier alpha value is -1.74. The van der Waals surface area contributed by atoms with Gasteiger partial charge in [0.05, 0.1) is 10.9 Å². The molecule has 0 radical (unpaired) electrons. The van der Waals surface area contributed by atoms with E-state index < -0.39 is 10.0 Å². The van der Waals surface area contributed by atoms with Crippen molar-refractivity contribution >= 4 is 27.3 Å². The zero-order valence-corrected chi connectivity index (χ0v) is 17.9. The summed E-state index contributed by atoms with van der Waals surface area (Å²) in [6.07, 6.45) is 2.87. The number of rotatable bonds is 7. The molecule has 8 heteroatoms. The lowest BCUT2D eigenvalue weighted by Crippen LogP contribution is -2.35. The predicted octanol–water partition coefficient (Wildman–Crippen LogP) is 2.96. The molecular formula is C20H27N3O3S2. The molecule has 0 saturated carbocycles. The van der Waals surface area contributed by atoms with Gasteiger partial charge in [0, 0.05) is 30.1 Å². The Morgan fingerprint density at radius 3 is 2.39 bits per heavy atom. The largest absolute Gasteiger partial charge is 0.350 e. The van der Waals surface area contributed by atoms with Crippen LogP contribution in [0.5, 0.6) is 0 Å². The second kappa shape index (κ2) is 9.17. The van der Waals surface area contributed by atoms with E-state index in [1.807, 2.05) is 25.5 Å². The van der Waals surface area contributed by atoms with Gasteiger partial charge in [-0.25, -0.2) is 8.42 Å². The van der Waals surface area contributed by atoms with Gasteiger partial charge in [-0.15, -0.1) is 11.3 Å². The van der Waals surface area contributed by atoms with Crippen LogP contribution in [0.1, 0.15) is 40.5 Å². The van der Waals surface area contributed by atoms with Crippen LogP contribution < -0.4 is 5.32 Å². The summed E-state index contributed by atoms with van der Waals surface area (Å²) in [6, 6.07) is 10.4. The molecule has 0 unspecified atom stereocenters. The highest BCUT2D eigenvalue weighted by molar-refractivity contribution is 7.89. The van der Waals surface area contributed by atoms with Crippen LogP contribution in [0.4, 0.5) is 0 Å². The summed E-state index contributed by atoms with van der Waals surface area (Å²) < 4.78 is 27.0. The first-order valence-electron chi connectivity index (χ1n) is 9.48. The third kappa shape index (κ3) is 4.81. The Kier molecular flexibility index (Phi) is 6.87. The molecule has 6 nitrogen and oxygen atoms in total. The molecule has 0 bridgehead atoms. The van der Waals surface area contributed by atoms with Gasteiger partial charge < -0.3 is 10.2 Å². The van der Waals surface area contributed by atoms with Gasteiger partial charge in [0.15, 0.2) is 0 Å². The highest BCUT2D eigenvalue weighted by Crippen LogP contribution is 2.23. The van der Waals surface area contributed by atoms with Gasteiger partial charge in [0.2, 0.25) is 10.0 Å². The Balaban J connectivity index is 1.65. The Morgan fingerprint density at radius 1 is 1.14 bits per heavy atom. The van der Waals surface area contributed by atoms with Crippen LogP contribution >= 0.6 is 11.3 Å². The molecule has 2 aromatic rings. The number of thiophene rings is 1. The molecule has 0 spiro atoms. The van der Waals surface area contributed by atoms with Crippen molar-refractivity contribution in [3.63, 3.8) is 0 Å². The number of nitrogens with one attached hydrogen (secondary N) is 1. The normalized spacial score (nSPS) is 16.8. The lowest BCUT2D eigenvalue weighted by atomic mass is 10.2. The van der Waals surface area contributed by atoms with Crippen LogP contribution in [0.15, 0.2) is 46.7 Å². The van der Waals surface area contributed by atoms with E-state index in [9.17, 15) is 13.2 Å². The first kappa shape index (κ1) is 21.0. The van der Waals surface area contributed by atoms with E-state index in [0.717, 1.165) is 19.3 Å². The molecule has 1 saturated heterocycles. The standard InChI is InChI=1S/C20H27N3O3S2/c1-22(2)18(19-7-6-14-27-19)15-21-20(24)16-8-10-17(11-9-16)28(25,26)23-12-4-3-5-13-23/h6-11,14,18H,3-5,12-13,15H2,1-2H3,(H,21,24)/t18-/m1/s1. The number of piperidine rings is 1. The highest BCUT2D eigenvalue weighted by atomic mass is 32.2. The van der Waals surface area contributed by atoms with Crippen LogP contribution in [-0.4, -0.2) is 57.3 Å². The molecule has 1 N–H and O–H groups in total. The second-order valence-corrected chi connectivity index (χ2v) is 10.1. The molecule has 1 atom stereocenters. The van der Waals surface area contributed by atoms with Crippen molar-refractivity contribution in [2.24, 2.45) is 0 Å². The topological polar surface area (TPSA) is 69.7 Å². The van der Waals surface area contributed by atoms with Crippen molar-refractivity contribution in [1.82, 2.24) is 14.5 Å². The van der Waals surface area contributed by atoms with Crippen LogP contribution in [0, 0.1) is 0 Å². The Bertz CT molecular complexity index is 872. The highest BCUT2D eigenvalue weighted by Gasteiger charge is 2.26. The molecule has 1 fully saturated rings. The lowest BCUT2D eigenvalue weighted by Gasteiger charge is -2.26. The van der Waals surface area contributed by atoms with Crippen LogP contribution in [-0.2, 0) is 10.0 Å². The number of hydrogen-bond donors (Lipinski definition) is 1. The van der Waals surface area contributed by atoms with E-state index in [1.165, 1.54) is 21.3 Å². The monoisotopic (exact) mass is 421 g/mol. The summed E-state index contributed by atoms with van der Waals surface area (Å²) in [6.45, 7) is 1.62. The summed E-state index contributed by atoms with van der Waals surface area (Å²) in [7, 11) is 0.491. The maximum atomic E-state index is 12.7. The minimum Gasteiger partial charge on any atom is -0.350 e. The number of likely N-dealkylation sites (N-methyl/N-ethyl adjacent to an activating group) is 1. The van der Waals surface area contributed by atoms with Gasteiger partial charge >= 0.3 is 0 Å². The number of sulfonamides is 1. The summed E-state index contributed by atoms with van der Waals surface area (Å²) in [5, 5.41) is 4.98. The van der Waals surface area contributed by atoms with E-state index in [-0.39, 0.29) is 16.8 Å². The maximum Gasteiger partial charge on any atom is 0.251 e. The molecule has 3 rings (SSSR count). The average Bonchev–Trinajstić information content (AvgIpc) is 3.23.